The summed E-state index contributed by atoms with van der Waals surface area (Å²) in [6, 6.07) is 4.39. The largest absolute Gasteiger partial charge is 0.496 e. The zero-order chi connectivity index (χ0) is 17.3. The van der Waals surface area contributed by atoms with Gasteiger partial charge in [0.2, 0.25) is 0 Å². The molecule has 1 heterocycles. The van der Waals surface area contributed by atoms with Gasteiger partial charge in [-0.05, 0) is 37.5 Å². The number of rotatable bonds is 3. The third kappa shape index (κ3) is 2.70. The van der Waals surface area contributed by atoms with Crippen LogP contribution in [0.2, 0.25) is 0 Å². The monoisotopic (exact) mass is 331 g/mol. The molecule has 1 aromatic rings. The number of nitrogens with zero attached hydrogens (tertiary/aromatic N) is 1. The third-order valence-corrected chi connectivity index (χ3v) is 4.75. The molecule has 0 atom stereocenters. The Morgan fingerprint density at radius 2 is 1.96 bits per heavy atom. The maximum Gasteiger partial charge on any atom is 0.344 e. The summed E-state index contributed by atoms with van der Waals surface area (Å²) in [5, 5.41) is 3.56. The van der Waals surface area contributed by atoms with E-state index in [-0.39, 0.29) is 5.91 Å². The Morgan fingerprint density at radius 3 is 2.62 bits per heavy atom. The summed E-state index contributed by atoms with van der Waals surface area (Å²) in [5.74, 6) is -0.326. The summed E-state index contributed by atoms with van der Waals surface area (Å²) >= 11 is 0. The van der Waals surface area contributed by atoms with Crippen molar-refractivity contribution in [3.63, 3.8) is 0 Å². The van der Waals surface area contributed by atoms with E-state index in [1.54, 1.807) is 18.2 Å². The highest BCUT2D eigenvalue weighted by Gasteiger charge is 2.52. The predicted octanol–water partition coefficient (Wildman–Crippen LogP) is 1.90. The van der Waals surface area contributed by atoms with Crippen LogP contribution < -0.4 is 15.5 Å². The van der Waals surface area contributed by atoms with Crippen molar-refractivity contribution < 1.29 is 19.1 Å². The van der Waals surface area contributed by atoms with Crippen LogP contribution in [0.1, 0.15) is 48.0 Å². The third-order valence-electron chi connectivity index (χ3n) is 4.75. The molecule has 1 spiro atoms. The lowest BCUT2D eigenvalue weighted by molar-refractivity contribution is -0.134. The first kappa shape index (κ1) is 16.3. The SMILES string of the molecule is COc1cc(C(=O)NN2C(=O)NC3(CCCCC3)C2=O)ccc1C. The van der Waals surface area contributed by atoms with E-state index in [2.05, 4.69) is 10.7 Å². The molecule has 2 fully saturated rings. The van der Waals surface area contributed by atoms with Crippen molar-refractivity contribution in [2.45, 2.75) is 44.6 Å². The maximum atomic E-state index is 12.6. The van der Waals surface area contributed by atoms with Gasteiger partial charge in [0.25, 0.3) is 11.8 Å². The number of benzene rings is 1. The highest BCUT2D eigenvalue weighted by molar-refractivity contribution is 6.09. The fourth-order valence-electron chi connectivity index (χ4n) is 3.34. The summed E-state index contributed by atoms with van der Waals surface area (Å²) in [6.07, 6.45) is 4.07. The standard InChI is InChI=1S/C17H21N3O4/c1-11-6-7-12(10-13(11)24-2)14(21)19-20-15(22)17(18-16(20)23)8-4-3-5-9-17/h6-7,10H,3-5,8-9H2,1-2H3,(H,18,23)(H,19,21). The fraction of sp³-hybridized carbons (Fsp3) is 0.471. The average Bonchev–Trinajstić information content (AvgIpc) is 2.80. The molecule has 24 heavy (non-hydrogen) atoms. The summed E-state index contributed by atoms with van der Waals surface area (Å²) < 4.78 is 5.20. The summed E-state index contributed by atoms with van der Waals surface area (Å²) in [7, 11) is 1.52. The van der Waals surface area contributed by atoms with Crippen molar-refractivity contribution in [2.75, 3.05) is 7.11 Å². The van der Waals surface area contributed by atoms with Gasteiger partial charge in [0.05, 0.1) is 7.11 Å². The number of carbonyl (C=O) groups excluding carboxylic acids is 3. The molecule has 2 N–H and O–H groups in total. The first-order valence-electron chi connectivity index (χ1n) is 8.09. The lowest BCUT2D eigenvalue weighted by atomic mass is 9.82. The summed E-state index contributed by atoms with van der Waals surface area (Å²) in [5.41, 5.74) is 2.78. The molecule has 1 aliphatic heterocycles. The van der Waals surface area contributed by atoms with Crippen molar-refractivity contribution in [3.05, 3.63) is 29.3 Å². The van der Waals surface area contributed by atoms with Gasteiger partial charge in [0, 0.05) is 5.56 Å². The summed E-state index contributed by atoms with van der Waals surface area (Å²) in [4.78, 5) is 37.2. The topological polar surface area (TPSA) is 87.7 Å². The molecule has 1 saturated heterocycles. The number of imide groups is 1. The molecular weight excluding hydrogens is 310 g/mol. The van der Waals surface area contributed by atoms with Gasteiger partial charge in [-0.3, -0.25) is 15.0 Å². The second-order valence-corrected chi connectivity index (χ2v) is 6.34. The Labute approximate surface area is 140 Å². The molecule has 1 saturated carbocycles. The van der Waals surface area contributed by atoms with E-state index in [1.807, 2.05) is 6.92 Å². The van der Waals surface area contributed by atoms with Crippen molar-refractivity contribution in [2.24, 2.45) is 0 Å². The van der Waals surface area contributed by atoms with E-state index in [4.69, 9.17) is 4.74 Å². The number of aryl methyl sites for hydroxylation is 1. The van der Waals surface area contributed by atoms with Gasteiger partial charge >= 0.3 is 6.03 Å². The molecule has 2 aliphatic rings. The molecule has 0 bridgehead atoms. The molecule has 0 unspecified atom stereocenters. The van der Waals surface area contributed by atoms with Crippen LogP contribution >= 0.6 is 0 Å². The number of hydrogen-bond acceptors (Lipinski definition) is 4. The number of ether oxygens (including phenoxy) is 1. The van der Waals surface area contributed by atoms with Gasteiger partial charge < -0.3 is 10.1 Å². The summed E-state index contributed by atoms with van der Waals surface area (Å²) in [6.45, 7) is 1.87. The number of hydrazine groups is 1. The molecule has 7 heteroatoms. The zero-order valence-corrected chi connectivity index (χ0v) is 13.8. The van der Waals surface area contributed by atoms with Crippen molar-refractivity contribution >= 4 is 17.8 Å². The number of methoxy groups -OCH3 is 1. The van der Waals surface area contributed by atoms with Gasteiger partial charge in [-0.1, -0.05) is 25.3 Å². The van der Waals surface area contributed by atoms with Crippen LogP contribution in [0.25, 0.3) is 0 Å². The van der Waals surface area contributed by atoms with Gasteiger partial charge in [-0.2, -0.15) is 5.01 Å². The molecule has 128 valence electrons. The zero-order valence-electron chi connectivity index (χ0n) is 13.8. The normalized spacial score (nSPS) is 19.3. The number of urea groups is 1. The second kappa shape index (κ2) is 6.14. The lowest BCUT2D eigenvalue weighted by Gasteiger charge is -2.30. The average molecular weight is 331 g/mol. The molecule has 0 radical (unpaired) electrons. The van der Waals surface area contributed by atoms with Crippen LogP contribution in [0.4, 0.5) is 4.79 Å². The highest BCUT2D eigenvalue weighted by Crippen LogP contribution is 2.33. The van der Waals surface area contributed by atoms with E-state index in [0.29, 0.717) is 24.2 Å². The van der Waals surface area contributed by atoms with Crippen LogP contribution in [0, 0.1) is 6.92 Å². The Balaban J connectivity index is 1.77. The maximum absolute atomic E-state index is 12.6. The Bertz CT molecular complexity index is 695. The van der Waals surface area contributed by atoms with Crippen LogP contribution in [0.15, 0.2) is 18.2 Å². The molecule has 0 aromatic heterocycles. The minimum Gasteiger partial charge on any atom is -0.496 e. The van der Waals surface area contributed by atoms with Gasteiger partial charge in [-0.25, -0.2) is 4.79 Å². The van der Waals surface area contributed by atoms with Crippen molar-refractivity contribution in [1.82, 2.24) is 15.8 Å². The van der Waals surface area contributed by atoms with Crippen LogP contribution in [-0.2, 0) is 4.79 Å². The number of carbonyl (C=O) groups is 3. The minimum atomic E-state index is -0.854. The van der Waals surface area contributed by atoms with E-state index in [9.17, 15) is 14.4 Å². The van der Waals surface area contributed by atoms with E-state index in [1.165, 1.54) is 7.11 Å². The second-order valence-electron chi connectivity index (χ2n) is 6.34. The lowest BCUT2D eigenvalue weighted by Crippen LogP contribution is -2.50. The number of nitrogens with one attached hydrogen (secondary N) is 2. The predicted molar refractivity (Wildman–Crippen MR) is 86.4 cm³/mol. The minimum absolute atomic E-state index is 0.322. The van der Waals surface area contributed by atoms with Crippen LogP contribution in [0.5, 0.6) is 5.75 Å². The highest BCUT2D eigenvalue weighted by atomic mass is 16.5. The number of amides is 4. The number of hydrogen-bond donors (Lipinski definition) is 2. The van der Waals surface area contributed by atoms with Crippen molar-refractivity contribution in [3.8, 4) is 5.75 Å². The van der Waals surface area contributed by atoms with Gasteiger partial charge in [-0.15, -0.1) is 0 Å². The Kier molecular flexibility index (Phi) is 4.17. The molecule has 7 nitrogen and oxygen atoms in total. The van der Waals surface area contributed by atoms with E-state index >= 15 is 0 Å². The van der Waals surface area contributed by atoms with Gasteiger partial charge in [0.15, 0.2) is 0 Å². The molecule has 1 aromatic carbocycles. The molecule has 4 amide bonds. The smallest absolute Gasteiger partial charge is 0.344 e. The fourth-order valence-corrected chi connectivity index (χ4v) is 3.34. The first-order chi connectivity index (χ1) is 11.5. The molecule has 1 aliphatic carbocycles. The van der Waals surface area contributed by atoms with Crippen LogP contribution in [-0.4, -0.2) is 35.5 Å². The molecule has 3 rings (SSSR count). The Morgan fingerprint density at radius 1 is 1.25 bits per heavy atom. The van der Waals surface area contributed by atoms with E-state index < -0.39 is 17.5 Å². The molecular formula is C17H21N3O4. The van der Waals surface area contributed by atoms with Crippen molar-refractivity contribution in [1.29, 1.82) is 0 Å². The Hall–Kier alpha value is -2.57. The van der Waals surface area contributed by atoms with E-state index in [0.717, 1.165) is 29.8 Å². The van der Waals surface area contributed by atoms with Crippen LogP contribution in [0.3, 0.4) is 0 Å². The first-order valence-corrected chi connectivity index (χ1v) is 8.09. The van der Waals surface area contributed by atoms with Gasteiger partial charge in [0.1, 0.15) is 11.3 Å². The quantitative estimate of drug-likeness (QED) is 0.828.